The largest absolute Gasteiger partial charge is 0.312 e. The molecule has 3 heteroatoms. The van der Waals surface area contributed by atoms with Crippen molar-refractivity contribution in [3.8, 4) is 6.07 Å². The first-order chi connectivity index (χ1) is 9.69. The maximum Gasteiger partial charge on any atom is 0.0992 e. The van der Waals surface area contributed by atoms with Gasteiger partial charge in [0, 0.05) is 11.6 Å². The van der Waals surface area contributed by atoms with E-state index in [0.717, 1.165) is 25.1 Å². The van der Waals surface area contributed by atoms with Gasteiger partial charge in [0.25, 0.3) is 0 Å². The van der Waals surface area contributed by atoms with Crippen LogP contribution in [0.25, 0.3) is 0 Å². The molecular formula is C17H17ClN2. The Kier molecular flexibility index (Phi) is 5.17. The zero-order valence-corrected chi connectivity index (χ0v) is 12.2. The Morgan fingerprint density at radius 3 is 2.75 bits per heavy atom. The van der Waals surface area contributed by atoms with Gasteiger partial charge < -0.3 is 5.32 Å². The zero-order chi connectivity index (χ0) is 14.4. The molecule has 2 aromatic rings. The van der Waals surface area contributed by atoms with Crippen molar-refractivity contribution >= 4 is 11.6 Å². The maximum atomic E-state index is 8.79. The molecule has 0 aliphatic carbocycles. The van der Waals surface area contributed by atoms with E-state index >= 15 is 0 Å². The monoisotopic (exact) mass is 284 g/mol. The van der Waals surface area contributed by atoms with Crippen molar-refractivity contribution in [1.82, 2.24) is 5.32 Å². The fraction of sp³-hybridized carbons (Fsp3) is 0.235. The van der Waals surface area contributed by atoms with Crippen LogP contribution in [0, 0.1) is 18.3 Å². The molecule has 0 aliphatic rings. The molecule has 0 fully saturated rings. The van der Waals surface area contributed by atoms with E-state index in [0.29, 0.717) is 10.6 Å². The number of hydrogen-bond donors (Lipinski definition) is 1. The first-order valence-electron chi connectivity index (χ1n) is 6.64. The summed E-state index contributed by atoms with van der Waals surface area (Å²) in [6.07, 6.45) is 0.996. The molecule has 2 nitrogen and oxygen atoms in total. The summed E-state index contributed by atoms with van der Waals surface area (Å²) in [7, 11) is 0. The standard InChI is InChI=1S/C17H17ClN2/c1-13-3-2-4-14(9-13)7-8-20-12-16-6-5-15(11-19)10-17(16)18/h2-6,9-10,20H,7-8,12H2,1H3. The van der Waals surface area contributed by atoms with Gasteiger partial charge >= 0.3 is 0 Å². The van der Waals surface area contributed by atoms with Gasteiger partial charge in [0.15, 0.2) is 0 Å². The molecule has 0 radical (unpaired) electrons. The highest BCUT2D eigenvalue weighted by molar-refractivity contribution is 6.31. The number of nitrogens with one attached hydrogen (secondary N) is 1. The minimum Gasteiger partial charge on any atom is -0.312 e. The van der Waals surface area contributed by atoms with Crippen LogP contribution in [0.4, 0.5) is 0 Å². The van der Waals surface area contributed by atoms with Crippen LogP contribution in [0.15, 0.2) is 42.5 Å². The maximum absolute atomic E-state index is 8.79. The summed E-state index contributed by atoms with van der Waals surface area (Å²) in [5, 5.41) is 12.8. The van der Waals surface area contributed by atoms with E-state index < -0.39 is 0 Å². The Balaban J connectivity index is 1.83. The van der Waals surface area contributed by atoms with Crippen LogP contribution in [-0.4, -0.2) is 6.54 Å². The van der Waals surface area contributed by atoms with Crippen LogP contribution in [0.3, 0.4) is 0 Å². The summed E-state index contributed by atoms with van der Waals surface area (Å²) in [5.74, 6) is 0. The molecule has 2 rings (SSSR count). The van der Waals surface area contributed by atoms with E-state index in [4.69, 9.17) is 16.9 Å². The predicted octanol–water partition coefficient (Wildman–Crippen LogP) is 3.85. The van der Waals surface area contributed by atoms with E-state index in [9.17, 15) is 0 Å². The van der Waals surface area contributed by atoms with Crippen molar-refractivity contribution in [1.29, 1.82) is 5.26 Å². The van der Waals surface area contributed by atoms with Crippen LogP contribution in [-0.2, 0) is 13.0 Å². The third-order valence-electron chi connectivity index (χ3n) is 3.17. The minimum absolute atomic E-state index is 0.596. The van der Waals surface area contributed by atoms with Gasteiger partial charge in [-0.25, -0.2) is 0 Å². The normalized spacial score (nSPS) is 10.2. The van der Waals surface area contributed by atoms with Gasteiger partial charge in [0.1, 0.15) is 0 Å². The second kappa shape index (κ2) is 7.09. The Hall–Kier alpha value is -1.82. The van der Waals surface area contributed by atoms with Crippen molar-refractivity contribution in [2.75, 3.05) is 6.54 Å². The van der Waals surface area contributed by atoms with Crippen molar-refractivity contribution in [2.24, 2.45) is 0 Å². The van der Waals surface area contributed by atoms with Crippen LogP contribution in [0.2, 0.25) is 5.02 Å². The van der Waals surface area contributed by atoms with Gasteiger partial charge in [-0.3, -0.25) is 0 Å². The van der Waals surface area contributed by atoms with E-state index in [2.05, 4.69) is 42.6 Å². The average molecular weight is 285 g/mol. The van der Waals surface area contributed by atoms with Crippen LogP contribution < -0.4 is 5.32 Å². The van der Waals surface area contributed by atoms with Crippen LogP contribution in [0.1, 0.15) is 22.3 Å². The summed E-state index contributed by atoms with van der Waals surface area (Å²) in [4.78, 5) is 0. The summed E-state index contributed by atoms with van der Waals surface area (Å²) >= 11 is 6.13. The fourth-order valence-corrected chi connectivity index (χ4v) is 2.33. The lowest BCUT2D eigenvalue weighted by molar-refractivity contribution is 0.687. The highest BCUT2D eigenvalue weighted by atomic mass is 35.5. The zero-order valence-electron chi connectivity index (χ0n) is 11.5. The number of rotatable bonds is 5. The molecule has 0 heterocycles. The Morgan fingerprint density at radius 2 is 2.05 bits per heavy atom. The van der Waals surface area contributed by atoms with Gasteiger partial charge in [-0.15, -0.1) is 0 Å². The molecule has 0 amide bonds. The van der Waals surface area contributed by atoms with Crippen molar-refractivity contribution in [2.45, 2.75) is 19.9 Å². The highest BCUT2D eigenvalue weighted by Crippen LogP contribution is 2.17. The number of nitriles is 1. The van der Waals surface area contributed by atoms with E-state index in [-0.39, 0.29) is 0 Å². The number of aryl methyl sites for hydroxylation is 1. The summed E-state index contributed by atoms with van der Waals surface area (Å²) in [6, 6.07) is 16.0. The van der Waals surface area contributed by atoms with Gasteiger partial charge in [-0.1, -0.05) is 47.5 Å². The van der Waals surface area contributed by atoms with Gasteiger partial charge in [0.2, 0.25) is 0 Å². The molecule has 0 atom stereocenters. The highest BCUT2D eigenvalue weighted by Gasteiger charge is 2.01. The lowest BCUT2D eigenvalue weighted by Gasteiger charge is -2.07. The van der Waals surface area contributed by atoms with Crippen molar-refractivity contribution in [3.05, 3.63) is 69.7 Å². The molecule has 0 aliphatic heterocycles. The van der Waals surface area contributed by atoms with Gasteiger partial charge in [0.05, 0.1) is 11.6 Å². The second-order valence-electron chi connectivity index (χ2n) is 4.83. The third kappa shape index (κ3) is 4.09. The SMILES string of the molecule is Cc1cccc(CCNCc2ccc(C#N)cc2Cl)c1. The van der Waals surface area contributed by atoms with E-state index in [1.54, 1.807) is 12.1 Å². The third-order valence-corrected chi connectivity index (χ3v) is 3.52. The van der Waals surface area contributed by atoms with Crippen LogP contribution in [0.5, 0.6) is 0 Å². The van der Waals surface area contributed by atoms with Gasteiger partial charge in [-0.2, -0.15) is 5.26 Å². The molecule has 0 saturated carbocycles. The summed E-state index contributed by atoms with van der Waals surface area (Å²) < 4.78 is 0. The lowest BCUT2D eigenvalue weighted by atomic mass is 10.1. The van der Waals surface area contributed by atoms with Crippen LogP contribution >= 0.6 is 11.6 Å². The lowest BCUT2D eigenvalue weighted by Crippen LogP contribution is -2.17. The van der Waals surface area contributed by atoms with Crippen molar-refractivity contribution in [3.63, 3.8) is 0 Å². The Labute approximate surface area is 125 Å². The molecule has 0 saturated heterocycles. The second-order valence-corrected chi connectivity index (χ2v) is 5.24. The van der Waals surface area contributed by atoms with E-state index in [1.165, 1.54) is 11.1 Å². The minimum atomic E-state index is 0.596. The number of halogens is 1. The smallest absolute Gasteiger partial charge is 0.0992 e. The molecule has 0 bridgehead atoms. The summed E-state index contributed by atoms with van der Waals surface area (Å²) in [6.45, 7) is 3.73. The first-order valence-corrected chi connectivity index (χ1v) is 7.01. The molecule has 0 spiro atoms. The molecule has 20 heavy (non-hydrogen) atoms. The Bertz CT molecular complexity index is 629. The Morgan fingerprint density at radius 1 is 1.20 bits per heavy atom. The molecule has 102 valence electrons. The number of nitrogens with zero attached hydrogens (tertiary/aromatic N) is 1. The predicted molar refractivity (Wildman–Crippen MR) is 82.8 cm³/mol. The number of benzene rings is 2. The molecular weight excluding hydrogens is 268 g/mol. The quantitative estimate of drug-likeness (QED) is 0.847. The molecule has 0 unspecified atom stereocenters. The first kappa shape index (κ1) is 14.6. The molecule has 1 N–H and O–H groups in total. The van der Waals surface area contributed by atoms with E-state index in [1.807, 2.05) is 6.07 Å². The van der Waals surface area contributed by atoms with Gasteiger partial charge in [-0.05, 0) is 43.1 Å². The number of hydrogen-bond acceptors (Lipinski definition) is 2. The topological polar surface area (TPSA) is 35.8 Å². The van der Waals surface area contributed by atoms with Crippen molar-refractivity contribution < 1.29 is 0 Å². The molecule has 0 aromatic heterocycles. The average Bonchev–Trinajstić information content (AvgIpc) is 2.45. The molecule has 2 aromatic carbocycles. The fourth-order valence-electron chi connectivity index (χ4n) is 2.08. The summed E-state index contributed by atoms with van der Waals surface area (Å²) in [5.41, 5.74) is 4.24.